The largest absolute Gasteiger partial charge is 0.370 e. The van der Waals surface area contributed by atoms with Crippen LogP contribution < -0.4 is 9.62 Å². The van der Waals surface area contributed by atoms with Gasteiger partial charge in [-0.3, -0.25) is 0 Å². The highest BCUT2D eigenvalue weighted by Crippen LogP contribution is 2.39. The molecule has 2 heterocycles. The first-order valence-electron chi connectivity index (χ1n) is 7.97. The van der Waals surface area contributed by atoms with Crippen molar-refractivity contribution in [3.05, 3.63) is 39.7 Å². The molecule has 1 aromatic heterocycles. The number of halogens is 1. The van der Waals surface area contributed by atoms with Crippen LogP contribution in [0.25, 0.3) is 0 Å². The lowest BCUT2D eigenvalue weighted by atomic mass is 9.82. The summed E-state index contributed by atoms with van der Waals surface area (Å²) in [7, 11) is 0. The number of hydrogen-bond donors (Lipinski definition) is 1. The summed E-state index contributed by atoms with van der Waals surface area (Å²) in [5, 5.41) is 0. The van der Waals surface area contributed by atoms with Gasteiger partial charge in [0.1, 0.15) is 0 Å². The summed E-state index contributed by atoms with van der Waals surface area (Å²) < 4.78 is 6.00. The summed E-state index contributed by atoms with van der Waals surface area (Å²) in [6, 6.07) is 10.8. The molecule has 0 saturated carbocycles. The van der Waals surface area contributed by atoms with Crippen LogP contribution in [-0.4, -0.2) is 13.1 Å². The molecule has 2 nitrogen and oxygen atoms in total. The van der Waals surface area contributed by atoms with E-state index in [9.17, 15) is 0 Å². The van der Waals surface area contributed by atoms with Crippen LogP contribution in [0.5, 0.6) is 0 Å². The SMILES string of the molecule is Cc1cccc(NSc2ccc(Br)s2)c1N1CCC(C)(C)CC1. The van der Waals surface area contributed by atoms with Crippen molar-refractivity contribution in [3.63, 3.8) is 0 Å². The van der Waals surface area contributed by atoms with Crippen LogP contribution in [0.1, 0.15) is 32.3 Å². The lowest BCUT2D eigenvalue weighted by Gasteiger charge is -2.39. The average molecular weight is 411 g/mol. The highest BCUT2D eigenvalue weighted by atomic mass is 79.9. The quantitative estimate of drug-likeness (QED) is 0.573. The monoisotopic (exact) mass is 410 g/mol. The van der Waals surface area contributed by atoms with Crippen LogP contribution in [0.4, 0.5) is 11.4 Å². The molecule has 1 aliphatic rings. The van der Waals surface area contributed by atoms with Crippen LogP contribution in [0.15, 0.2) is 38.3 Å². The topological polar surface area (TPSA) is 15.3 Å². The molecule has 0 bridgehead atoms. The van der Waals surface area contributed by atoms with Gasteiger partial charge in [-0.15, -0.1) is 11.3 Å². The Morgan fingerprint density at radius 1 is 1.17 bits per heavy atom. The number of rotatable bonds is 4. The third-order valence-electron chi connectivity index (χ3n) is 4.48. The molecular formula is C18H23BrN2S2. The van der Waals surface area contributed by atoms with E-state index in [2.05, 4.69) is 76.7 Å². The first-order valence-corrected chi connectivity index (χ1v) is 10.4. The number of piperidine rings is 1. The Balaban J connectivity index is 1.77. The number of nitrogens with one attached hydrogen (secondary N) is 1. The van der Waals surface area contributed by atoms with Crippen LogP contribution in [-0.2, 0) is 0 Å². The number of aryl methyl sites for hydroxylation is 1. The van der Waals surface area contributed by atoms with E-state index in [-0.39, 0.29) is 0 Å². The van der Waals surface area contributed by atoms with E-state index in [0.717, 1.165) is 13.1 Å². The van der Waals surface area contributed by atoms with Gasteiger partial charge in [-0.1, -0.05) is 26.0 Å². The number of hydrogen-bond acceptors (Lipinski definition) is 4. The van der Waals surface area contributed by atoms with Gasteiger partial charge < -0.3 is 9.62 Å². The standard InChI is InChI=1S/C18H23BrN2S2/c1-13-5-4-6-14(20-23-16-8-7-15(19)22-16)17(13)21-11-9-18(2,3)10-12-21/h4-8,20H,9-12H2,1-3H3. The minimum absolute atomic E-state index is 0.477. The zero-order valence-corrected chi connectivity index (χ0v) is 17.1. The lowest BCUT2D eigenvalue weighted by Crippen LogP contribution is -2.37. The Morgan fingerprint density at radius 3 is 2.57 bits per heavy atom. The lowest BCUT2D eigenvalue weighted by molar-refractivity contribution is 0.280. The smallest absolute Gasteiger partial charge is 0.0820 e. The van der Waals surface area contributed by atoms with Gasteiger partial charge in [0, 0.05) is 13.1 Å². The Bertz CT molecular complexity index is 671. The van der Waals surface area contributed by atoms with Crippen molar-refractivity contribution in [1.29, 1.82) is 0 Å². The molecule has 0 atom stereocenters. The molecule has 0 spiro atoms. The van der Waals surface area contributed by atoms with Crippen molar-refractivity contribution in [3.8, 4) is 0 Å². The van der Waals surface area contributed by atoms with Gasteiger partial charge in [-0.05, 0) is 76.8 Å². The van der Waals surface area contributed by atoms with E-state index in [0.29, 0.717) is 5.41 Å². The molecule has 1 aliphatic heterocycles. The van der Waals surface area contributed by atoms with Crippen LogP contribution in [0.3, 0.4) is 0 Å². The molecule has 5 heteroatoms. The first kappa shape index (κ1) is 17.2. The third kappa shape index (κ3) is 4.25. The second-order valence-corrected chi connectivity index (χ2v) is 10.5. The van der Waals surface area contributed by atoms with Crippen LogP contribution in [0, 0.1) is 12.3 Å². The molecule has 0 unspecified atom stereocenters. The average Bonchev–Trinajstić information content (AvgIpc) is 2.92. The molecule has 1 aromatic carbocycles. The molecule has 1 N–H and O–H groups in total. The Morgan fingerprint density at radius 2 is 1.91 bits per heavy atom. The fourth-order valence-corrected chi connectivity index (χ4v) is 5.47. The second kappa shape index (κ2) is 7.08. The third-order valence-corrected chi connectivity index (χ3v) is 7.06. The highest BCUT2D eigenvalue weighted by molar-refractivity contribution is 9.11. The van der Waals surface area contributed by atoms with E-state index >= 15 is 0 Å². The summed E-state index contributed by atoms with van der Waals surface area (Å²) in [6.07, 6.45) is 2.51. The summed E-state index contributed by atoms with van der Waals surface area (Å²) in [5.41, 5.74) is 4.41. The predicted octanol–water partition coefficient (Wildman–Crippen LogP) is 6.56. The van der Waals surface area contributed by atoms with Gasteiger partial charge in [0.05, 0.1) is 19.4 Å². The number of nitrogens with zero attached hydrogens (tertiary/aromatic N) is 1. The predicted molar refractivity (Wildman–Crippen MR) is 108 cm³/mol. The van der Waals surface area contributed by atoms with Crippen molar-refractivity contribution in [2.75, 3.05) is 22.7 Å². The van der Waals surface area contributed by atoms with Crippen LogP contribution >= 0.6 is 39.2 Å². The van der Waals surface area contributed by atoms with Crippen molar-refractivity contribution in [2.24, 2.45) is 5.41 Å². The zero-order valence-electron chi connectivity index (χ0n) is 13.9. The van der Waals surface area contributed by atoms with Crippen molar-refractivity contribution in [1.82, 2.24) is 0 Å². The maximum Gasteiger partial charge on any atom is 0.0820 e. The van der Waals surface area contributed by atoms with Gasteiger partial charge in [0.15, 0.2) is 0 Å². The maximum absolute atomic E-state index is 3.57. The van der Waals surface area contributed by atoms with Crippen molar-refractivity contribution in [2.45, 2.75) is 37.8 Å². The fourth-order valence-electron chi connectivity index (χ4n) is 2.95. The molecule has 124 valence electrons. The van der Waals surface area contributed by atoms with E-state index < -0.39 is 0 Å². The van der Waals surface area contributed by atoms with Crippen molar-refractivity contribution < 1.29 is 0 Å². The van der Waals surface area contributed by atoms with E-state index in [4.69, 9.17) is 0 Å². The molecule has 1 saturated heterocycles. The summed E-state index contributed by atoms with van der Waals surface area (Å²) in [5.74, 6) is 0. The number of benzene rings is 1. The second-order valence-electron chi connectivity index (χ2n) is 6.89. The fraction of sp³-hybridized carbons (Fsp3) is 0.444. The van der Waals surface area contributed by atoms with E-state index in [1.165, 1.54) is 37.8 Å². The number of para-hydroxylation sites is 1. The summed E-state index contributed by atoms with van der Waals surface area (Å²) in [6.45, 7) is 9.26. The van der Waals surface area contributed by atoms with Gasteiger partial charge in [0.25, 0.3) is 0 Å². The molecular weight excluding hydrogens is 388 g/mol. The van der Waals surface area contributed by atoms with Crippen molar-refractivity contribution >= 4 is 50.6 Å². The summed E-state index contributed by atoms with van der Waals surface area (Å²) >= 11 is 6.98. The number of anilines is 2. The molecule has 0 radical (unpaired) electrons. The molecule has 0 aliphatic carbocycles. The molecule has 3 rings (SSSR count). The van der Waals surface area contributed by atoms with Gasteiger partial charge in [-0.2, -0.15) is 0 Å². The van der Waals surface area contributed by atoms with Gasteiger partial charge in [-0.25, -0.2) is 0 Å². The Kier molecular flexibility index (Phi) is 5.29. The van der Waals surface area contributed by atoms with Gasteiger partial charge >= 0.3 is 0 Å². The Labute approximate surface area is 155 Å². The molecule has 0 amide bonds. The molecule has 23 heavy (non-hydrogen) atoms. The Hall–Kier alpha value is -0.650. The summed E-state index contributed by atoms with van der Waals surface area (Å²) in [4.78, 5) is 2.55. The van der Waals surface area contributed by atoms with Gasteiger partial charge in [0.2, 0.25) is 0 Å². The first-order chi connectivity index (χ1) is 10.9. The van der Waals surface area contributed by atoms with E-state index in [1.807, 2.05) is 0 Å². The highest BCUT2D eigenvalue weighted by Gasteiger charge is 2.27. The minimum atomic E-state index is 0.477. The minimum Gasteiger partial charge on any atom is -0.370 e. The normalized spacial score (nSPS) is 17.3. The molecule has 1 fully saturated rings. The van der Waals surface area contributed by atoms with E-state index in [1.54, 1.807) is 23.3 Å². The molecule has 2 aromatic rings. The maximum atomic E-state index is 3.57. The number of thiophene rings is 1. The zero-order chi connectivity index (χ0) is 16.4. The van der Waals surface area contributed by atoms with Crippen LogP contribution in [0.2, 0.25) is 0 Å².